The molecule has 0 spiro atoms. The molecule has 0 bridgehead atoms. The van der Waals surface area contributed by atoms with Crippen LogP contribution >= 0.6 is 0 Å². The van der Waals surface area contributed by atoms with E-state index in [0.717, 1.165) is 89.9 Å². The second kappa shape index (κ2) is 38.2. The summed E-state index contributed by atoms with van der Waals surface area (Å²) >= 11 is 0. The Morgan fingerprint density at radius 3 is 1.29 bits per heavy atom. The van der Waals surface area contributed by atoms with E-state index in [4.69, 9.17) is 14.2 Å². The van der Waals surface area contributed by atoms with Crippen LogP contribution in [0, 0.1) is 0 Å². The molecule has 0 aromatic carbocycles. The van der Waals surface area contributed by atoms with Crippen molar-refractivity contribution in [2.24, 2.45) is 0 Å². The highest BCUT2D eigenvalue weighted by Crippen LogP contribution is 2.12. The summed E-state index contributed by atoms with van der Waals surface area (Å²) in [4.78, 5) is 37.4. The fraction of sp³-hybridized carbons (Fsp3) is 0.744. The van der Waals surface area contributed by atoms with E-state index in [-0.39, 0.29) is 31.1 Å². The maximum Gasteiger partial charge on any atom is 0.306 e. The summed E-state index contributed by atoms with van der Waals surface area (Å²) in [5.74, 6) is -0.958. The van der Waals surface area contributed by atoms with Gasteiger partial charge in [-0.05, 0) is 83.5 Å². The first-order valence-corrected chi connectivity index (χ1v) is 20.1. The molecule has 0 aliphatic rings. The smallest absolute Gasteiger partial charge is 0.306 e. The summed E-state index contributed by atoms with van der Waals surface area (Å²) in [6.45, 7) is 6.36. The van der Waals surface area contributed by atoms with Gasteiger partial charge in [0.05, 0.1) is 0 Å². The molecule has 0 heterocycles. The molecule has 6 nitrogen and oxygen atoms in total. The number of rotatable bonds is 35. The summed E-state index contributed by atoms with van der Waals surface area (Å²) in [6, 6.07) is 0. The van der Waals surface area contributed by atoms with E-state index in [1.54, 1.807) is 0 Å². The van der Waals surface area contributed by atoms with Crippen molar-refractivity contribution in [1.29, 1.82) is 0 Å². The topological polar surface area (TPSA) is 78.9 Å². The van der Waals surface area contributed by atoms with Gasteiger partial charge in [-0.2, -0.15) is 0 Å². The van der Waals surface area contributed by atoms with Gasteiger partial charge in [-0.3, -0.25) is 14.4 Å². The van der Waals surface area contributed by atoms with Crippen molar-refractivity contribution in [1.82, 2.24) is 0 Å². The molecule has 1 atom stereocenters. The number of ether oxygens (including phenoxy) is 3. The van der Waals surface area contributed by atoms with Gasteiger partial charge in [-0.1, -0.05) is 134 Å². The first kappa shape index (κ1) is 46.4. The summed E-state index contributed by atoms with van der Waals surface area (Å²) in [5, 5.41) is 0. The van der Waals surface area contributed by atoms with Crippen LogP contribution < -0.4 is 0 Å². The standard InChI is InChI=1S/C43H74O6/c1-4-7-10-13-16-19-21-24-27-30-33-36-42(45)48-39-40(38-47-41(44)35-32-29-26-23-18-15-12-9-6-3)49-43(46)37-34-31-28-25-22-20-17-14-11-8-5-2/h9,12-14,16-18,23,40H,4-8,10-11,15,19-22,24-39H2,1-3H3/b12-9-,16-13-,17-14-,23-18-. The van der Waals surface area contributed by atoms with Crippen molar-refractivity contribution >= 4 is 17.9 Å². The fourth-order valence-corrected chi connectivity index (χ4v) is 5.20. The predicted octanol–water partition coefficient (Wildman–Crippen LogP) is 12.4. The summed E-state index contributed by atoms with van der Waals surface area (Å²) in [7, 11) is 0. The molecule has 6 heteroatoms. The number of carbonyl (C=O) groups is 3. The van der Waals surface area contributed by atoms with E-state index >= 15 is 0 Å². The summed E-state index contributed by atoms with van der Waals surface area (Å²) < 4.78 is 16.5. The lowest BCUT2D eigenvalue weighted by molar-refractivity contribution is -0.167. The lowest BCUT2D eigenvalue weighted by Gasteiger charge is -2.18. The Morgan fingerprint density at radius 1 is 0.429 bits per heavy atom. The van der Waals surface area contributed by atoms with Gasteiger partial charge in [0.25, 0.3) is 0 Å². The summed E-state index contributed by atoms with van der Waals surface area (Å²) in [6.07, 6.45) is 42.5. The van der Waals surface area contributed by atoms with Gasteiger partial charge >= 0.3 is 17.9 Å². The molecule has 0 amide bonds. The highest BCUT2D eigenvalue weighted by Gasteiger charge is 2.19. The zero-order chi connectivity index (χ0) is 35.9. The molecule has 0 rings (SSSR count). The van der Waals surface area contributed by atoms with Crippen LogP contribution in [0.5, 0.6) is 0 Å². The van der Waals surface area contributed by atoms with Crippen molar-refractivity contribution in [3.63, 3.8) is 0 Å². The zero-order valence-electron chi connectivity index (χ0n) is 31.9. The molecule has 0 aromatic rings. The van der Waals surface area contributed by atoms with Gasteiger partial charge in [0, 0.05) is 19.3 Å². The number of allylic oxidation sites excluding steroid dienone is 8. The Kier molecular flexibility index (Phi) is 36.1. The molecule has 1 unspecified atom stereocenters. The van der Waals surface area contributed by atoms with Crippen molar-refractivity contribution < 1.29 is 28.6 Å². The fourth-order valence-electron chi connectivity index (χ4n) is 5.20. The third kappa shape index (κ3) is 36.5. The Bertz CT molecular complexity index is 887. The van der Waals surface area contributed by atoms with Gasteiger partial charge in [0.2, 0.25) is 0 Å². The van der Waals surface area contributed by atoms with Crippen molar-refractivity contribution in [2.45, 2.75) is 194 Å². The van der Waals surface area contributed by atoms with Gasteiger partial charge in [-0.15, -0.1) is 0 Å². The van der Waals surface area contributed by atoms with Crippen LogP contribution in [0.3, 0.4) is 0 Å². The number of carbonyl (C=O) groups excluding carboxylic acids is 3. The molecule has 0 fully saturated rings. The van der Waals surface area contributed by atoms with E-state index in [0.29, 0.717) is 19.3 Å². The minimum Gasteiger partial charge on any atom is -0.462 e. The zero-order valence-corrected chi connectivity index (χ0v) is 31.9. The Labute approximate surface area is 301 Å². The molecule has 0 radical (unpaired) electrons. The number of esters is 3. The van der Waals surface area contributed by atoms with Crippen LogP contribution in [-0.2, 0) is 28.6 Å². The van der Waals surface area contributed by atoms with Crippen LogP contribution in [0.2, 0.25) is 0 Å². The number of hydrogen-bond acceptors (Lipinski definition) is 6. The minimum atomic E-state index is -0.788. The second-order valence-electron chi connectivity index (χ2n) is 13.2. The average Bonchev–Trinajstić information content (AvgIpc) is 3.10. The average molecular weight is 687 g/mol. The van der Waals surface area contributed by atoms with Crippen molar-refractivity contribution in [2.75, 3.05) is 13.2 Å². The van der Waals surface area contributed by atoms with Gasteiger partial charge in [0.1, 0.15) is 13.2 Å². The molecule has 0 saturated carbocycles. The predicted molar refractivity (Wildman–Crippen MR) is 205 cm³/mol. The van der Waals surface area contributed by atoms with Crippen LogP contribution in [0.1, 0.15) is 188 Å². The van der Waals surface area contributed by atoms with Gasteiger partial charge in [-0.25, -0.2) is 0 Å². The normalized spacial score (nSPS) is 12.5. The Balaban J connectivity index is 4.44. The second-order valence-corrected chi connectivity index (χ2v) is 13.2. The van der Waals surface area contributed by atoms with Crippen molar-refractivity contribution in [3.05, 3.63) is 48.6 Å². The van der Waals surface area contributed by atoms with Crippen LogP contribution in [0.25, 0.3) is 0 Å². The van der Waals surface area contributed by atoms with E-state index < -0.39 is 6.10 Å². The van der Waals surface area contributed by atoms with Crippen LogP contribution in [-0.4, -0.2) is 37.2 Å². The molecule has 0 saturated heterocycles. The first-order chi connectivity index (χ1) is 24.0. The van der Waals surface area contributed by atoms with Gasteiger partial charge in [0.15, 0.2) is 6.10 Å². The van der Waals surface area contributed by atoms with Crippen LogP contribution in [0.4, 0.5) is 0 Å². The quantitative estimate of drug-likeness (QED) is 0.0286. The molecule has 49 heavy (non-hydrogen) atoms. The van der Waals surface area contributed by atoms with E-state index in [9.17, 15) is 14.4 Å². The summed E-state index contributed by atoms with van der Waals surface area (Å²) in [5.41, 5.74) is 0. The molecule has 0 aliphatic heterocycles. The monoisotopic (exact) mass is 687 g/mol. The molecular formula is C43H74O6. The maximum absolute atomic E-state index is 12.6. The SMILES string of the molecule is CC/C=C\C/C=C\CCCCC(=O)OCC(COC(=O)CCCCCCC/C=C\CCCC)OC(=O)CCCCCCC/C=C\CCCC. The van der Waals surface area contributed by atoms with E-state index in [1.165, 1.54) is 57.8 Å². The highest BCUT2D eigenvalue weighted by atomic mass is 16.6. The van der Waals surface area contributed by atoms with Gasteiger partial charge < -0.3 is 14.2 Å². The lowest BCUT2D eigenvalue weighted by atomic mass is 10.1. The maximum atomic E-state index is 12.6. The van der Waals surface area contributed by atoms with Crippen LogP contribution in [0.15, 0.2) is 48.6 Å². The van der Waals surface area contributed by atoms with E-state index in [2.05, 4.69) is 69.4 Å². The Morgan fingerprint density at radius 2 is 0.796 bits per heavy atom. The third-order valence-corrected chi connectivity index (χ3v) is 8.29. The number of hydrogen-bond donors (Lipinski definition) is 0. The molecular weight excluding hydrogens is 612 g/mol. The lowest BCUT2D eigenvalue weighted by Crippen LogP contribution is -2.30. The van der Waals surface area contributed by atoms with Crippen molar-refractivity contribution in [3.8, 4) is 0 Å². The Hall–Kier alpha value is -2.63. The largest absolute Gasteiger partial charge is 0.462 e. The minimum absolute atomic E-state index is 0.0920. The molecule has 282 valence electrons. The molecule has 0 aliphatic carbocycles. The third-order valence-electron chi connectivity index (χ3n) is 8.29. The molecule has 0 aromatic heterocycles. The number of unbranched alkanes of at least 4 members (excludes halogenated alkanes) is 16. The molecule has 0 N–H and O–H groups in total. The first-order valence-electron chi connectivity index (χ1n) is 20.1. The van der Waals surface area contributed by atoms with E-state index in [1.807, 2.05) is 0 Å². The highest BCUT2D eigenvalue weighted by molar-refractivity contribution is 5.71.